The Kier molecular flexibility index (Phi) is 4.36. The third-order valence-corrected chi connectivity index (χ3v) is 5.58. The molecule has 0 spiro atoms. The Morgan fingerprint density at radius 1 is 1.39 bits per heavy atom. The van der Waals surface area contributed by atoms with Gasteiger partial charge in [-0.3, -0.25) is 4.79 Å². The molecule has 1 amide bonds. The van der Waals surface area contributed by atoms with Crippen molar-refractivity contribution in [1.82, 2.24) is 19.6 Å². The molecule has 1 aliphatic rings. The second kappa shape index (κ2) is 6.29. The molecule has 0 aliphatic carbocycles. The van der Waals surface area contributed by atoms with Crippen molar-refractivity contribution in [2.24, 2.45) is 5.92 Å². The van der Waals surface area contributed by atoms with Gasteiger partial charge in [0.1, 0.15) is 0 Å². The molecule has 0 atom stereocenters. The molecule has 1 fully saturated rings. The number of hydrogen-bond donors (Lipinski definition) is 2. The van der Waals surface area contributed by atoms with Gasteiger partial charge in [-0.2, -0.15) is 0 Å². The molecule has 0 bridgehead atoms. The summed E-state index contributed by atoms with van der Waals surface area (Å²) in [6.07, 6.45) is 4.38. The number of aromatic amines is 1. The number of imidazole rings is 1. The number of nitrogens with one attached hydrogen (secondary N) is 2. The molecule has 3 rings (SSSR count). The van der Waals surface area contributed by atoms with Crippen LogP contribution in [-0.2, 0) is 10.0 Å². The molecular formula is C15H20N4O3S. The molecule has 7 nitrogen and oxygen atoms in total. The number of hydrogen-bond acceptors (Lipinski definition) is 4. The van der Waals surface area contributed by atoms with E-state index in [0.29, 0.717) is 31.1 Å². The van der Waals surface area contributed by atoms with Crippen molar-refractivity contribution >= 4 is 27.0 Å². The molecule has 8 heteroatoms. The second-order valence-corrected chi connectivity index (χ2v) is 7.93. The number of benzene rings is 1. The molecule has 2 heterocycles. The van der Waals surface area contributed by atoms with Crippen LogP contribution in [0, 0.1) is 5.92 Å². The van der Waals surface area contributed by atoms with Gasteiger partial charge in [0.2, 0.25) is 10.0 Å². The molecule has 0 unspecified atom stereocenters. The lowest BCUT2D eigenvalue weighted by molar-refractivity contribution is 0.0941. The molecule has 2 aromatic rings. The largest absolute Gasteiger partial charge is 0.352 e. The van der Waals surface area contributed by atoms with Gasteiger partial charge in [-0.1, -0.05) is 0 Å². The van der Waals surface area contributed by atoms with Crippen molar-refractivity contribution in [2.75, 3.05) is 25.9 Å². The quantitative estimate of drug-likeness (QED) is 0.869. The minimum atomic E-state index is -3.10. The predicted octanol–water partition coefficient (Wildman–Crippen LogP) is 0.964. The molecule has 23 heavy (non-hydrogen) atoms. The number of sulfonamides is 1. The third kappa shape index (κ3) is 3.70. The molecule has 1 aromatic carbocycles. The van der Waals surface area contributed by atoms with E-state index in [1.165, 1.54) is 10.6 Å². The lowest BCUT2D eigenvalue weighted by Gasteiger charge is -2.30. The van der Waals surface area contributed by atoms with Crippen LogP contribution in [0.25, 0.3) is 11.0 Å². The van der Waals surface area contributed by atoms with E-state index in [9.17, 15) is 13.2 Å². The standard InChI is InChI=1S/C15H20N4O3S/c1-23(21,22)19-6-4-11(5-7-19)9-16-15(20)12-2-3-13-14(8-12)18-10-17-13/h2-3,8,10-11H,4-7,9H2,1H3,(H,16,20)(H,17,18). The van der Waals surface area contributed by atoms with E-state index in [0.717, 1.165) is 23.9 Å². The van der Waals surface area contributed by atoms with Gasteiger partial charge in [-0.15, -0.1) is 0 Å². The Morgan fingerprint density at radius 3 is 2.83 bits per heavy atom. The van der Waals surface area contributed by atoms with Gasteiger partial charge >= 0.3 is 0 Å². The van der Waals surface area contributed by atoms with Gasteiger partial charge in [0, 0.05) is 25.2 Å². The first kappa shape index (κ1) is 15.9. The maximum absolute atomic E-state index is 12.2. The Labute approximate surface area is 135 Å². The number of H-pyrrole nitrogens is 1. The molecule has 1 saturated heterocycles. The summed E-state index contributed by atoms with van der Waals surface area (Å²) in [6.45, 7) is 1.62. The van der Waals surface area contributed by atoms with Crippen molar-refractivity contribution in [3.05, 3.63) is 30.1 Å². The van der Waals surface area contributed by atoms with Crippen molar-refractivity contribution < 1.29 is 13.2 Å². The Bertz CT molecular complexity index is 807. The first-order valence-electron chi connectivity index (χ1n) is 7.60. The van der Waals surface area contributed by atoms with E-state index in [1.54, 1.807) is 18.5 Å². The maximum Gasteiger partial charge on any atom is 0.251 e. The van der Waals surface area contributed by atoms with Gasteiger partial charge in [-0.25, -0.2) is 17.7 Å². The summed E-state index contributed by atoms with van der Waals surface area (Å²) < 4.78 is 24.5. The summed E-state index contributed by atoms with van der Waals surface area (Å²) in [4.78, 5) is 19.3. The van der Waals surface area contributed by atoms with Crippen molar-refractivity contribution in [3.8, 4) is 0 Å². The van der Waals surface area contributed by atoms with Crippen LogP contribution in [0.1, 0.15) is 23.2 Å². The van der Waals surface area contributed by atoms with Crippen molar-refractivity contribution in [2.45, 2.75) is 12.8 Å². The fourth-order valence-electron chi connectivity index (χ4n) is 2.86. The van der Waals surface area contributed by atoms with Crippen LogP contribution in [0.5, 0.6) is 0 Å². The zero-order valence-corrected chi connectivity index (χ0v) is 13.8. The predicted molar refractivity (Wildman–Crippen MR) is 87.6 cm³/mol. The lowest BCUT2D eigenvalue weighted by atomic mass is 9.98. The number of carbonyl (C=O) groups excluding carboxylic acids is 1. The van der Waals surface area contributed by atoms with Crippen LogP contribution in [0.3, 0.4) is 0 Å². The van der Waals surface area contributed by atoms with Crippen LogP contribution in [-0.4, -0.2) is 54.5 Å². The Morgan fingerprint density at radius 2 is 2.13 bits per heavy atom. The lowest BCUT2D eigenvalue weighted by Crippen LogP contribution is -2.41. The molecule has 1 aliphatic heterocycles. The summed E-state index contributed by atoms with van der Waals surface area (Å²) >= 11 is 0. The highest BCUT2D eigenvalue weighted by molar-refractivity contribution is 7.88. The van der Waals surface area contributed by atoms with Crippen LogP contribution < -0.4 is 5.32 Å². The van der Waals surface area contributed by atoms with E-state index >= 15 is 0 Å². The monoisotopic (exact) mass is 336 g/mol. The summed E-state index contributed by atoms with van der Waals surface area (Å²) in [5.74, 6) is 0.194. The number of rotatable bonds is 4. The fourth-order valence-corrected chi connectivity index (χ4v) is 3.74. The Balaban J connectivity index is 1.53. The molecule has 2 N–H and O–H groups in total. The molecule has 0 saturated carbocycles. The van der Waals surface area contributed by atoms with E-state index in [2.05, 4.69) is 15.3 Å². The summed E-state index contributed by atoms with van der Waals surface area (Å²) in [5, 5.41) is 2.94. The SMILES string of the molecule is CS(=O)(=O)N1CCC(CNC(=O)c2ccc3nc[nH]c3c2)CC1. The minimum absolute atomic E-state index is 0.118. The molecule has 124 valence electrons. The van der Waals surface area contributed by atoms with Crippen LogP contribution in [0.4, 0.5) is 0 Å². The van der Waals surface area contributed by atoms with E-state index in [4.69, 9.17) is 0 Å². The van der Waals surface area contributed by atoms with Crippen LogP contribution in [0.15, 0.2) is 24.5 Å². The van der Waals surface area contributed by atoms with Crippen molar-refractivity contribution in [3.63, 3.8) is 0 Å². The normalized spacial score (nSPS) is 17.4. The van der Waals surface area contributed by atoms with Gasteiger partial charge in [-0.05, 0) is 37.0 Å². The number of piperidine rings is 1. The number of nitrogens with zero attached hydrogens (tertiary/aromatic N) is 2. The molecule has 0 radical (unpaired) electrons. The molecule has 1 aromatic heterocycles. The molecular weight excluding hydrogens is 316 g/mol. The smallest absolute Gasteiger partial charge is 0.251 e. The number of amides is 1. The van der Waals surface area contributed by atoms with Gasteiger partial charge in [0.05, 0.1) is 23.6 Å². The first-order chi connectivity index (χ1) is 10.9. The van der Waals surface area contributed by atoms with Crippen LogP contribution in [0.2, 0.25) is 0 Å². The highest BCUT2D eigenvalue weighted by atomic mass is 32.2. The summed E-state index contributed by atoms with van der Waals surface area (Å²) in [5.41, 5.74) is 2.25. The van der Waals surface area contributed by atoms with Crippen molar-refractivity contribution in [1.29, 1.82) is 0 Å². The summed E-state index contributed by atoms with van der Waals surface area (Å²) in [7, 11) is -3.10. The zero-order valence-electron chi connectivity index (χ0n) is 12.9. The average Bonchev–Trinajstić information content (AvgIpc) is 2.99. The number of fused-ring (bicyclic) bond motifs is 1. The third-order valence-electron chi connectivity index (χ3n) is 4.28. The van der Waals surface area contributed by atoms with E-state index < -0.39 is 10.0 Å². The minimum Gasteiger partial charge on any atom is -0.352 e. The van der Waals surface area contributed by atoms with Crippen LogP contribution >= 0.6 is 0 Å². The number of carbonyl (C=O) groups is 1. The van der Waals surface area contributed by atoms with E-state index in [1.807, 2.05) is 6.07 Å². The number of aromatic nitrogens is 2. The fraction of sp³-hybridized carbons (Fsp3) is 0.467. The van der Waals surface area contributed by atoms with Gasteiger partial charge in [0.25, 0.3) is 5.91 Å². The van der Waals surface area contributed by atoms with E-state index in [-0.39, 0.29) is 5.91 Å². The summed E-state index contributed by atoms with van der Waals surface area (Å²) in [6, 6.07) is 5.35. The van der Waals surface area contributed by atoms with Gasteiger partial charge in [0.15, 0.2) is 0 Å². The first-order valence-corrected chi connectivity index (χ1v) is 9.45. The van der Waals surface area contributed by atoms with Gasteiger partial charge < -0.3 is 10.3 Å². The highest BCUT2D eigenvalue weighted by Gasteiger charge is 2.25. The zero-order chi connectivity index (χ0) is 16.4. The second-order valence-electron chi connectivity index (χ2n) is 5.95. The maximum atomic E-state index is 12.2. The highest BCUT2D eigenvalue weighted by Crippen LogP contribution is 2.18. The topological polar surface area (TPSA) is 95.2 Å². The average molecular weight is 336 g/mol. The Hall–Kier alpha value is -1.93.